The van der Waals surface area contributed by atoms with Gasteiger partial charge in [-0.3, -0.25) is 9.59 Å². The maximum Gasteiger partial charge on any atom is 0.223 e. The van der Waals surface area contributed by atoms with Gasteiger partial charge in [-0.2, -0.15) is 0 Å². The molecule has 0 bridgehead atoms. The van der Waals surface area contributed by atoms with Crippen LogP contribution in [0.5, 0.6) is 0 Å². The number of aliphatic hydroxyl groups is 1. The summed E-state index contributed by atoms with van der Waals surface area (Å²) in [6.45, 7) is 4.65. The molecule has 9 nitrogen and oxygen atoms in total. The number of primary amides is 1. The van der Waals surface area contributed by atoms with Crippen molar-refractivity contribution < 1.29 is 19.0 Å². The van der Waals surface area contributed by atoms with E-state index in [2.05, 4.69) is 15.3 Å². The minimum Gasteiger partial charge on any atom is -0.389 e. The van der Waals surface area contributed by atoms with Crippen molar-refractivity contribution in [2.24, 2.45) is 5.73 Å². The van der Waals surface area contributed by atoms with Gasteiger partial charge >= 0.3 is 0 Å². The Morgan fingerprint density at radius 1 is 1.38 bits per heavy atom. The van der Waals surface area contributed by atoms with Gasteiger partial charge in [-0.1, -0.05) is 6.07 Å². The smallest absolute Gasteiger partial charge is 0.223 e. The summed E-state index contributed by atoms with van der Waals surface area (Å²) in [7, 11) is 0. The lowest BCUT2D eigenvalue weighted by molar-refractivity contribution is -0.118. The fourth-order valence-corrected chi connectivity index (χ4v) is 4.29. The highest BCUT2D eigenvalue weighted by molar-refractivity contribution is 5.84. The van der Waals surface area contributed by atoms with E-state index in [1.54, 1.807) is 18.2 Å². The van der Waals surface area contributed by atoms with Gasteiger partial charge in [-0.25, -0.2) is 14.4 Å². The lowest BCUT2D eigenvalue weighted by Crippen LogP contribution is -2.42. The molecule has 1 amide bonds. The van der Waals surface area contributed by atoms with Crippen LogP contribution in [0.25, 0.3) is 22.2 Å². The predicted molar refractivity (Wildman–Crippen MR) is 126 cm³/mol. The Kier molecular flexibility index (Phi) is 6.90. The molecule has 1 aromatic carbocycles. The summed E-state index contributed by atoms with van der Waals surface area (Å²) in [4.78, 5) is 32.5. The van der Waals surface area contributed by atoms with Gasteiger partial charge < -0.3 is 25.5 Å². The molecule has 10 heteroatoms. The van der Waals surface area contributed by atoms with Crippen molar-refractivity contribution >= 4 is 22.8 Å². The number of carbonyl (C=O) groups excluding carboxylic acids is 1. The normalized spacial score (nSPS) is 18.4. The van der Waals surface area contributed by atoms with E-state index in [4.69, 9.17) is 10.5 Å². The maximum absolute atomic E-state index is 14.8. The minimum absolute atomic E-state index is 0.0243. The maximum atomic E-state index is 14.8. The molecule has 4 rings (SSSR count). The first-order chi connectivity index (χ1) is 16.2. The van der Waals surface area contributed by atoms with E-state index in [1.165, 1.54) is 6.07 Å². The zero-order valence-electron chi connectivity index (χ0n) is 19.1. The van der Waals surface area contributed by atoms with Crippen LogP contribution in [-0.4, -0.2) is 50.9 Å². The first-order valence-electron chi connectivity index (χ1n) is 11.3. The van der Waals surface area contributed by atoms with Gasteiger partial charge in [-0.05, 0) is 38.8 Å². The number of amides is 1. The van der Waals surface area contributed by atoms with Crippen molar-refractivity contribution in [3.63, 3.8) is 0 Å². The molecule has 1 fully saturated rings. The van der Waals surface area contributed by atoms with Crippen molar-refractivity contribution in [1.29, 1.82) is 0 Å². The number of rotatable bonds is 7. The van der Waals surface area contributed by atoms with Crippen LogP contribution in [-0.2, 0) is 16.0 Å². The van der Waals surface area contributed by atoms with Crippen molar-refractivity contribution in [2.45, 2.75) is 51.3 Å². The second-order valence-corrected chi connectivity index (χ2v) is 8.73. The van der Waals surface area contributed by atoms with Crippen molar-refractivity contribution in [3.8, 4) is 11.3 Å². The molecule has 1 saturated heterocycles. The Hall–Kier alpha value is -3.37. The number of ether oxygens (including phenoxy) is 1. The fraction of sp³-hybridized carbons (Fsp3) is 0.417. The van der Waals surface area contributed by atoms with Gasteiger partial charge in [-0.15, -0.1) is 0 Å². The summed E-state index contributed by atoms with van der Waals surface area (Å²) in [6.07, 6.45) is 1.38. The molecule has 34 heavy (non-hydrogen) atoms. The van der Waals surface area contributed by atoms with Crippen molar-refractivity contribution in [1.82, 2.24) is 14.5 Å². The van der Waals surface area contributed by atoms with E-state index in [9.17, 15) is 19.1 Å². The fourth-order valence-electron chi connectivity index (χ4n) is 4.29. The lowest BCUT2D eigenvalue weighted by Gasteiger charge is -2.28. The molecule has 0 unspecified atom stereocenters. The molecule has 1 aliphatic rings. The summed E-state index contributed by atoms with van der Waals surface area (Å²) in [5.74, 6) is -0.867. The molecule has 2 atom stereocenters. The van der Waals surface area contributed by atoms with E-state index in [1.807, 2.05) is 18.4 Å². The van der Waals surface area contributed by atoms with Crippen LogP contribution in [0.3, 0.4) is 0 Å². The average molecular weight is 470 g/mol. The molecule has 1 aliphatic heterocycles. The lowest BCUT2D eigenvalue weighted by atomic mass is 10.0. The number of hydrogen-bond donors (Lipinski definition) is 3. The highest BCUT2D eigenvalue weighted by Gasteiger charge is 2.25. The van der Waals surface area contributed by atoms with Gasteiger partial charge in [0.1, 0.15) is 5.69 Å². The number of benzene rings is 1. The van der Waals surface area contributed by atoms with E-state index in [0.717, 1.165) is 6.20 Å². The molecule has 0 spiro atoms. The molecule has 3 heterocycles. The molecule has 0 saturated carbocycles. The Bertz CT molecular complexity index is 1280. The van der Waals surface area contributed by atoms with E-state index in [0.29, 0.717) is 41.6 Å². The van der Waals surface area contributed by atoms with Crippen LogP contribution < -0.4 is 16.5 Å². The van der Waals surface area contributed by atoms with Gasteiger partial charge in [0.2, 0.25) is 11.9 Å². The monoisotopic (exact) mass is 469 g/mol. The number of fused-ring (bicyclic) bond motifs is 1. The van der Waals surface area contributed by atoms with Gasteiger partial charge in [0.15, 0.2) is 11.2 Å². The summed E-state index contributed by atoms with van der Waals surface area (Å²) in [6, 6.07) is 6.23. The van der Waals surface area contributed by atoms with E-state index in [-0.39, 0.29) is 42.2 Å². The zero-order valence-corrected chi connectivity index (χ0v) is 19.1. The van der Waals surface area contributed by atoms with E-state index >= 15 is 0 Å². The Morgan fingerprint density at radius 3 is 2.88 bits per heavy atom. The SMILES string of the molecule is CC(C)n1c(CCC(N)=O)cc(=O)c2ccc(-c3nc(N[C@@H]4CCOC[C@H]4O)ncc3F)cc21. The number of anilines is 1. The molecular formula is C24H28FN5O4. The number of hydrogen-bond acceptors (Lipinski definition) is 7. The highest BCUT2D eigenvalue weighted by Crippen LogP contribution is 2.27. The second kappa shape index (κ2) is 9.86. The second-order valence-electron chi connectivity index (χ2n) is 8.73. The number of pyridine rings is 1. The first kappa shape index (κ1) is 23.8. The van der Waals surface area contributed by atoms with Crippen LogP contribution >= 0.6 is 0 Å². The van der Waals surface area contributed by atoms with E-state index < -0.39 is 17.8 Å². The Balaban J connectivity index is 1.78. The Labute approximate surface area is 195 Å². The van der Waals surface area contributed by atoms with Gasteiger partial charge in [0.25, 0.3) is 0 Å². The summed E-state index contributed by atoms with van der Waals surface area (Å²) in [5.41, 5.74) is 6.98. The number of nitrogens with one attached hydrogen (secondary N) is 1. The number of nitrogens with two attached hydrogens (primary N) is 1. The van der Waals surface area contributed by atoms with Crippen LogP contribution in [0.4, 0.5) is 10.3 Å². The summed E-state index contributed by atoms with van der Waals surface area (Å²) in [5, 5.41) is 13.7. The van der Waals surface area contributed by atoms with Crippen LogP contribution in [0.2, 0.25) is 0 Å². The molecule has 0 radical (unpaired) electrons. The van der Waals surface area contributed by atoms with Crippen LogP contribution in [0.1, 0.15) is 38.4 Å². The molecule has 0 aliphatic carbocycles. The van der Waals surface area contributed by atoms with Crippen molar-refractivity contribution in [2.75, 3.05) is 18.5 Å². The first-order valence-corrected chi connectivity index (χ1v) is 11.3. The van der Waals surface area contributed by atoms with Crippen LogP contribution in [0, 0.1) is 5.82 Å². The zero-order chi connectivity index (χ0) is 24.4. The standard InChI is InChI=1S/C24H28FN5O4/c1-13(2)30-15(4-6-22(26)33)10-20(31)16-5-3-14(9-19(16)30)23-17(25)11-27-24(29-23)28-18-7-8-34-12-21(18)32/h3,5,9-11,13,18,21,32H,4,6-8,12H2,1-2H3,(H2,26,33)(H,27,28,29)/t18-,21-/m1/s1. The summed E-state index contributed by atoms with van der Waals surface area (Å²) >= 11 is 0. The van der Waals surface area contributed by atoms with Gasteiger partial charge in [0.05, 0.1) is 30.5 Å². The third-order valence-electron chi connectivity index (χ3n) is 5.93. The molecule has 4 N–H and O–H groups in total. The number of halogens is 1. The Morgan fingerprint density at radius 2 is 2.18 bits per heavy atom. The summed E-state index contributed by atoms with van der Waals surface area (Å²) < 4.78 is 22.0. The molecule has 2 aromatic heterocycles. The number of nitrogens with zero attached hydrogens (tertiary/aromatic N) is 3. The average Bonchev–Trinajstić information content (AvgIpc) is 2.79. The van der Waals surface area contributed by atoms with Gasteiger partial charge in [0, 0.05) is 41.8 Å². The number of aliphatic hydroxyl groups excluding tert-OH is 1. The van der Waals surface area contributed by atoms with Crippen molar-refractivity contribution in [3.05, 3.63) is 52.2 Å². The molecule has 3 aromatic rings. The third kappa shape index (κ3) is 4.92. The van der Waals surface area contributed by atoms with Crippen LogP contribution in [0.15, 0.2) is 35.3 Å². The molecule has 180 valence electrons. The number of aryl methyl sites for hydroxylation is 1. The minimum atomic E-state index is -0.717. The quantitative estimate of drug-likeness (QED) is 0.483. The largest absolute Gasteiger partial charge is 0.389 e. The topological polar surface area (TPSA) is 132 Å². The highest BCUT2D eigenvalue weighted by atomic mass is 19.1. The number of carbonyl (C=O) groups is 1. The predicted octanol–water partition coefficient (Wildman–Crippen LogP) is 2.16. The molecular weight excluding hydrogens is 441 g/mol. The number of aromatic nitrogens is 3. The third-order valence-corrected chi connectivity index (χ3v) is 5.93.